The van der Waals surface area contributed by atoms with Gasteiger partial charge in [0.15, 0.2) is 0 Å². The van der Waals surface area contributed by atoms with Crippen molar-refractivity contribution in [3.63, 3.8) is 0 Å². The molecular weight excluding hydrogens is 557 g/mol. The van der Waals surface area contributed by atoms with Crippen LogP contribution in [0.15, 0.2) is 66.7 Å². The zero-order valence-corrected chi connectivity index (χ0v) is 24.8. The number of halogens is 2. The largest absolute Gasteiger partial charge is 0.355 e. The van der Waals surface area contributed by atoms with Crippen molar-refractivity contribution in [2.24, 2.45) is 0 Å². The minimum atomic E-state index is -3.84. The van der Waals surface area contributed by atoms with Gasteiger partial charge in [0, 0.05) is 29.6 Å². The number of amides is 2. The van der Waals surface area contributed by atoms with E-state index in [0.717, 1.165) is 21.7 Å². The van der Waals surface area contributed by atoms with Gasteiger partial charge in [-0.3, -0.25) is 13.9 Å². The van der Waals surface area contributed by atoms with Gasteiger partial charge in [0.05, 0.1) is 11.9 Å². The van der Waals surface area contributed by atoms with Gasteiger partial charge in [0.25, 0.3) is 0 Å². The van der Waals surface area contributed by atoms with Crippen LogP contribution in [0.25, 0.3) is 0 Å². The van der Waals surface area contributed by atoms with Gasteiger partial charge in [-0.25, -0.2) is 8.42 Å². The van der Waals surface area contributed by atoms with E-state index in [1.165, 1.54) is 4.90 Å². The summed E-state index contributed by atoms with van der Waals surface area (Å²) in [5, 5.41) is 3.59. The van der Waals surface area contributed by atoms with E-state index in [2.05, 4.69) is 5.32 Å². The summed E-state index contributed by atoms with van der Waals surface area (Å²) in [6, 6.07) is 18.7. The average molecular weight is 591 g/mol. The molecule has 0 saturated heterocycles. The van der Waals surface area contributed by atoms with Gasteiger partial charge >= 0.3 is 0 Å². The van der Waals surface area contributed by atoms with Crippen molar-refractivity contribution >= 4 is 50.7 Å². The Morgan fingerprint density at radius 1 is 0.974 bits per heavy atom. The van der Waals surface area contributed by atoms with Gasteiger partial charge in [0.2, 0.25) is 21.8 Å². The summed E-state index contributed by atoms with van der Waals surface area (Å²) in [4.78, 5) is 28.8. The van der Waals surface area contributed by atoms with Crippen molar-refractivity contribution in [1.29, 1.82) is 0 Å². The minimum Gasteiger partial charge on any atom is -0.355 e. The number of benzene rings is 3. The van der Waals surface area contributed by atoms with Crippen LogP contribution in [0, 0.1) is 13.8 Å². The fourth-order valence-corrected chi connectivity index (χ4v) is 5.73. The molecule has 0 aromatic heterocycles. The Labute approximate surface area is 240 Å². The second kappa shape index (κ2) is 13.3. The van der Waals surface area contributed by atoms with Gasteiger partial charge in [-0.15, -0.1) is 0 Å². The number of hydrogen-bond donors (Lipinski definition) is 1. The molecule has 0 radical (unpaired) electrons. The van der Waals surface area contributed by atoms with Crippen LogP contribution in [0.3, 0.4) is 0 Å². The third-order valence-electron chi connectivity index (χ3n) is 6.28. The first kappa shape index (κ1) is 30.5. The van der Waals surface area contributed by atoms with Crippen LogP contribution in [0.2, 0.25) is 10.0 Å². The Morgan fingerprint density at radius 2 is 1.67 bits per heavy atom. The van der Waals surface area contributed by atoms with Crippen LogP contribution >= 0.6 is 23.2 Å². The topological polar surface area (TPSA) is 86.8 Å². The molecule has 0 spiro atoms. The summed E-state index contributed by atoms with van der Waals surface area (Å²) < 4.78 is 26.9. The smallest absolute Gasteiger partial charge is 0.244 e. The zero-order valence-electron chi connectivity index (χ0n) is 22.4. The summed E-state index contributed by atoms with van der Waals surface area (Å²) in [5.74, 6) is -0.893. The van der Waals surface area contributed by atoms with Crippen molar-refractivity contribution in [2.45, 2.75) is 39.8 Å². The molecular formula is C29H33Cl2N3O4S. The van der Waals surface area contributed by atoms with Gasteiger partial charge in [-0.2, -0.15) is 0 Å². The van der Waals surface area contributed by atoms with Crippen molar-refractivity contribution < 1.29 is 18.0 Å². The third-order valence-corrected chi connectivity index (χ3v) is 7.99. The zero-order chi connectivity index (χ0) is 28.7. The Hall–Kier alpha value is -3.07. The van der Waals surface area contributed by atoms with E-state index >= 15 is 0 Å². The molecule has 0 unspecified atom stereocenters. The second-order valence-corrected chi connectivity index (χ2v) is 12.2. The highest BCUT2D eigenvalue weighted by molar-refractivity contribution is 7.92. The highest BCUT2D eigenvalue weighted by atomic mass is 35.5. The van der Waals surface area contributed by atoms with Gasteiger partial charge < -0.3 is 10.2 Å². The maximum Gasteiger partial charge on any atom is 0.244 e. The fraction of sp³-hybridized carbons (Fsp3) is 0.310. The number of hydrogen-bond acceptors (Lipinski definition) is 4. The summed E-state index contributed by atoms with van der Waals surface area (Å²) >= 11 is 12.6. The number of rotatable bonds is 11. The van der Waals surface area contributed by atoms with Crippen molar-refractivity contribution in [3.8, 4) is 0 Å². The molecule has 3 aromatic carbocycles. The highest BCUT2D eigenvalue weighted by Crippen LogP contribution is 2.27. The number of anilines is 1. The Balaban J connectivity index is 2.08. The Kier molecular flexibility index (Phi) is 10.4. The molecule has 2 amide bonds. The molecule has 39 heavy (non-hydrogen) atoms. The van der Waals surface area contributed by atoms with E-state index in [4.69, 9.17) is 23.2 Å². The van der Waals surface area contributed by atoms with Crippen molar-refractivity contribution in [1.82, 2.24) is 10.2 Å². The third kappa shape index (κ3) is 8.21. The fourth-order valence-electron chi connectivity index (χ4n) is 4.36. The standard InChI is InChI=1S/C29H33Cl2N3O4S/c1-5-32-29(36)27(16-22-9-7-6-8-10-22)33(18-23-12-13-24(30)17-25(23)31)28(35)19-34(39(4,37)38)26-14-11-20(2)15-21(26)3/h6-15,17,27H,5,16,18-19H2,1-4H3,(H,32,36)/t27-/m1/s1. The normalized spacial score (nSPS) is 12.1. The predicted molar refractivity (Wildman–Crippen MR) is 158 cm³/mol. The molecule has 208 valence electrons. The molecule has 0 heterocycles. The number of carbonyl (C=O) groups excluding carboxylic acids is 2. The maximum absolute atomic E-state index is 14.0. The molecule has 0 aliphatic carbocycles. The van der Waals surface area contributed by atoms with Crippen LogP contribution in [0.1, 0.15) is 29.2 Å². The predicted octanol–water partition coefficient (Wildman–Crippen LogP) is 5.15. The Morgan fingerprint density at radius 3 is 2.26 bits per heavy atom. The number of carbonyl (C=O) groups is 2. The second-order valence-electron chi connectivity index (χ2n) is 9.42. The van der Waals surface area contributed by atoms with Crippen molar-refractivity contribution in [3.05, 3.63) is 99.0 Å². The van der Waals surface area contributed by atoms with Crippen LogP contribution < -0.4 is 9.62 Å². The molecule has 0 saturated carbocycles. The first-order valence-corrected chi connectivity index (χ1v) is 15.1. The molecule has 1 N–H and O–H groups in total. The lowest BCUT2D eigenvalue weighted by atomic mass is 10.0. The van der Waals surface area contributed by atoms with E-state index in [0.29, 0.717) is 33.4 Å². The molecule has 1 atom stereocenters. The average Bonchev–Trinajstić information content (AvgIpc) is 2.86. The van der Waals surface area contributed by atoms with Crippen molar-refractivity contribution in [2.75, 3.05) is 23.7 Å². The van der Waals surface area contributed by atoms with E-state index in [9.17, 15) is 18.0 Å². The number of aryl methyl sites for hydroxylation is 2. The van der Waals surface area contributed by atoms with Gasteiger partial charge in [-0.05, 0) is 55.7 Å². The maximum atomic E-state index is 14.0. The van der Waals surface area contributed by atoms with E-state index in [-0.39, 0.29) is 18.9 Å². The van der Waals surface area contributed by atoms with E-state index in [1.54, 1.807) is 44.2 Å². The number of nitrogens with zero attached hydrogens (tertiary/aromatic N) is 2. The lowest BCUT2D eigenvalue weighted by Crippen LogP contribution is -2.53. The molecule has 0 fully saturated rings. The summed E-state index contributed by atoms with van der Waals surface area (Å²) in [5.41, 5.74) is 3.51. The lowest BCUT2D eigenvalue weighted by Gasteiger charge is -2.34. The lowest BCUT2D eigenvalue weighted by molar-refractivity contribution is -0.140. The van der Waals surface area contributed by atoms with E-state index < -0.39 is 28.5 Å². The van der Waals surface area contributed by atoms with Gasteiger partial charge in [0.1, 0.15) is 12.6 Å². The summed E-state index contributed by atoms with van der Waals surface area (Å²) in [6.45, 7) is 5.36. The van der Waals surface area contributed by atoms with Crippen LogP contribution in [0.4, 0.5) is 5.69 Å². The van der Waals surface area contributed by atoms with Crippen LogP contribution in [0.5, 0.6) is 0 Å². The number of sulfonamides is 1. The number of likely N-dealkylation sites (N-methyl/N-ethyl adjacent to an activating group) is 1. The van der Waals surface area contributed by atoms with Crippen LogP contribution in [-0.4, -0.2) is 50.5 Å². The summed E-state index contributed by atoms with van der Waals surface area (Å²) in [7, 11) is -3.84. The molecule has 0 bridgehead atoms. The van der Waals surface area contributed by atoms with Gasteiger partial charge in [-0.1, -0.05) is 77.3 Å². The molecule has 7 nitrogen and oxygen atoms in total. The first-order chi connectivity index (χ1) is 18.4. The minimum absolute atomic E-state index is 0.0199. The molecule has 3 rings (SSSR count). The first-order valence-electron chi connectivity index (χ1n) is 12.5. The van der Waals surface area contributed by atoms with E-state index in [1.807, 2.05) is 43.3 Å². The quantitative estimate of drug-likeness (QED) is 0.335. The molecule has 0 aliphatic heterocycles. The molecule has 3 aromatic rings. The van der Waals surface area contributed by atoms with Crippen LogP contribution in [-0.2, 0) is 32.6 Å². The number of nitrogens with one attached hydrogen (secondary N) is 1. The monoisotopic (exact) mass is 589 g/mol. The Bertz CT molecular complexity index is 1430. The SMILES string of the molecule is CCNC(=O)[C@@H](Cc1ccccc1)N(Cc1ccc(Cl)cc1Cl)C(=O)CN(c1ccc(C)cc1C)S(C)(=O)=O. The molecule has 10 heteroatoms. The highest BCUT2D eigenvalue weighted by Gasteiger charge is 2.33. The summed E-state index contributed by atoms with van der Waals surface area (Å²) in [6.07, 6.45) is 1.29. The molecule has 0 aliphatic rings.